The van der Waals surface area contributed by atoms with Crippen molar-refractivity contribution in [1.82, 2.24) is 4.90 Å². The van der Waals surface area contributed by atoms with Gasteiger partial charge in [0.25, 0.3) is 5.91 Å². The lowest BCUT2D eigenvalue weighted by Crippen LogP contribution is -2.54. The van der Waals surface area contributed by atoms with E-state index in [9.17, 15) is 19.1 Å². The van der Waals surface area contributed by atoms with E-state index in [0.717, 1.165) is 11.6 Å². The third-order valence-corrected chi connectivity index (χ3v) is 4.41. The molecule has 0 atom stereocenters. The molecule has 6 nitrogen and oxygen atoms in total. The summed E-state index contributed by atoms with van der Waals surface area (Å²) in [5.74, 6) is -1.48. The number of hydrogen-bond acceptors (Lipinski definition) is 4. The number of carboxylic acids is 1. The quantitative estimate of drug-likeness (QED) is 0.920. The molecule has 3 rings (SSSR count). The summed E-state index contributed by atoms with van der Waals surface area (Å²) in [5, 5.41) is 9.63. The molecular formula is C18H18FNO5. The van der Waals surface area contributed by atoms with Gasteiger partial charge in [-0.3, -0.25) is 4.79 Å². The topological polar surface area (TPSA) is 80.0 Å². The Labute approximate surface area is 143 Å². The maximum atomic E-state index is 13.3. The number of hydrogen-bond donors (Lipinski definition) is 1. The number of likely N-dealkylation sites (tertiary alicyclic amines) is 1. The number of piperidine rings is 1. The molecule has 1 saturated heterocycles. The van der Waals surface area contributed by atoms with E-state index in [-0.39, 0.29) is 43.3 Å². The summed E-state index contributed by atoms with van der Waals surface area (Å²) < 4.78 is 24.2. The highest BCUT2D eigenvalue weighted by atomic mass is 19.1. The maximum Gasteiger partial charge on any atom is 0.348 e. The molecule has 2 heterocycles. The molecular weight excluding hydrogens is 329 g/mol. The SMILES string of the molecule is Cc1ccoc1C(=O)N1CCC(Oc2cccc(F)c2)(C(=O)O)CC1. The molecule has 1 amide bonds. The molecule has 0 aliphatic carbocycles. The van der Waals surface area contributed by atoms with Gasteiger partial charge in [0.2, 0.25) is 5.60 Å². The first-order valence-electron chi connectivity index (χ1n) is 7.93. The van der Waals surface area contributed by atoms with Gasteiger partial charge in [-0.05, 0) is 25.1 Å². The zero-order valence-corrected chi connectivity index (χ0v) is 13.7. The van der Waals surface area contributed by atoms with Gasteiger partial charge in [0, 0.05) is 37.6 Å². The van der Waals surface area contributed by atoms with E-state index in [4.69, 9.17) is 9.15 Å². The molecule has 0 spiro atoms. The molecule has 0 unspecified atom stereocenters. The lowest BCUT2D eigenvalue weighted by Gasteiger charge is -2.38. The molecule has 7 heteroatoms. The number of amides is 1. The Morgan fingerprint density at radius 2 is 2.00 bits per heavy atom. The van der Waals surface area contributed by atoms with Crippen LogP contribution >= 0.6 is 0 Å². The molecule has 0 bridgehead atoms. The Morgan fingerprint density at radius 1 is 1.28 bits per heavy atom. The van der Waals surface area contributed by atoms with E-state index >= 15 is 0 Å². The fourth-order valence-corrected chi connectivity index (χ4v) is 2.92. The largest absolute Gasteiger partial charge is 0.478 e. The average Bonchev–Trinajstić information content (AvgIpc) is 3.01. The van der Waals surface area contributed by atoms with Crippen molar-refractivity contribution < 1.29 is 28.2 Å². The van der Waals surface area contributed by atoms with Gasteiger partial charge in [-0.2, -0.15) is 0 Å². The minimum atomic E-state index is -1.48. The number of aliphatic carboxylic acids is 1. The number of carbonyl (C=O) groups excluding carboxylic acids is 1. The maximum absolute atomic E-state index is 13.3. The van der Waals surface area contributed by atoms with E-state index in [1.807, 2.05) is 0 Å². The van der Waals surface area contributed by atoms with Gasteiger partial charge >= 0.3 is 5.97 Å². The second-order valence-electron chi connectivity index (χ2n) is 6.08. The van der Waals surface area contributed by atoms with Crippen molar-refractivity contribution in [2.45, 2.75) is 25.4 Å². The van der Waals surface area contributed by atoms with E-state index < -0.39 is 17.4 Å². The lowest BCUT2D eigenvalue weighted by atomic mass is 9.90. The van der Waals surface area contributed by atoms with E-state index in [0.29, 0.717) is 0 Å². The Morgan fingerprint density at radius 3 is 2.56 bits per heavy atom. The first-order chi connectivity index (χ1) is 11.9. The Hall–Kier alpha value is -2.83. The minimum absolute atomic E-state index is 0.102. The third-order valence-electron chi connectivity index (χ3n) is 4.41. The van der Waals surface area contributed by atoms with E-state index in [2.05, 4.69) is 0 Å². The highest BCUT2D eigenvalue weighted by molar-refractivity contribution is 5.93. The molecule has 1 aliphatic rings. The van der Waals surface area contributed by atoms with Crippen LogP contribution in [0.3, 0.4) is 0 Å². The second kappa shape index (κ2) is 6.58. The monoisotopic (exact) mass is 347 g/mol. The number of benzene rings is 1. The highest BCUT2D eigenvalue weighted by Gasteiger charge is 2.45. The smallest absolute Gasteiger partial charge is 0.348 e. The average molecular weight is 347 g/mol. The molecule has 1 aromatic heterocycles. The first kappa shape index (κ1) is 17.0. The fraction of sp³-hybridized carbons (Fsp3) is 0.333. The van der Waals surface area contributed by atoms with Crippen molar-refractivity contribution in [2.24, 2.45) is 0 Å². The summed E-state index contributed by atoms with van der Waals surface area (Å²) in [4.78, 5) is 25.8. The predicted molar refractivity (Wildman–Crippen MR) is 86.0 cm³/mol. The van der Waals surface area contributed by atoms with Gasteiger partial charge in [0.15, 0.2) is 5.76 Å². The van der Waals surface area contributed by atoms with E-state index in [1.54, 1.807) is 17.9 Å². The number of furan rings is 1. The fourth-order valence-electron chi connectivity index (χ4n) is 2.92. The van der Waals surface area contributed by atoms with Crippen LogP contribution in [0.4, 0.5) is 4.39 Å². The van der Waals surface area contributed by atoms with Crippen molar-refractivity contribution in [2.75, 3.05) is 13.1 Å². The number of carboxylic acid groups (broad SMARTS) is 1. The molecule has 25 heavy (non-hydrogen) atoms. The molecule has 1 N–H and O–H groups in total. The number of aryl methyl sites for hydroxylation is 1. The number of halogens is 1. The van der Waals surface area contributed by atoms with Crippen molar-refractivity contribution >= 4 is 11.9 Å². The van der Waals surface area contributed by atoms with Crippen LogP contribution < -0.4 is 4.74 Å². The van der Waals surface area contributed by atoms with Crippen molar-refractivity contribution in [3.05, 3.63) is 53.7 Å². The summed E-state index contributed by atoms with van der Waals surface area (Å²) in [7, 11) is 0. The van der Waals surface area contributed by atoms with Crippen molar-refractivity contribution in [1.29, 1.82) is 0 Å². The number of nitrogens with zero attached hydrogens (tertiary/aromatic N) is 1. The van der Waals surface area contributed by atoms with Crippen molar-refractivity contribution in [3.63, 3.8) is 0 Å². The van der Waals surface area contributed by atoms with Crippen LogP contribution in [0.1, 0.15) is 29.0 Å². The van der Waals surface area contributed by atoms with Crippen molar-refractivity contribution in [3.8, 4) is 5.75 Å². The van der Waals surface area contributed by atoms with Gasteiger partial charge in [-0.15, -0.1) is 0 Å². The minimum Gasteiger partial charge on any atom is -0.478 e. The number of rotatable bonds is 4. The summed E-state index contributed by atoms with van der Waals surface area (Å²) in [6, 6.07) is 7.07. The van der Waals surface area contributed by atoms with Crippen LogP contribution in [0.5, 0.6) is 5.75 Å². The lowest BCUT2D eigenvalue weighted by molar-refractivity contribution is -0.159. The van der Waals surface area contributed by atoms with Crippen LogP contribution in [0.2, 0.25) is 0 Å². The standard InChI is InChI=1S/C18H18FNO5/c1-12-5-10-24-15(12)16(21)20-8-6-18(7-9-20,17(22)23)25-14-4-2-3-13(19)11-14/h2-5,10-11H,6-9H2,1H3,(H,22,23). The van der Waals surface area contributed by atoms with Crippen LogP contribution in [0.25, 0.3) is 0 Å². The van der Waals surface area contributed by atoms with Gasteiger partial charge in [0.05, 0.1) is 6.26 Å². The van der Waals surface area contributed by atoms with Crippen LogP contribution in [-0.4, -0.2) is 40.6 Å². The Kier molecular flexibility index (Phi) is 4.48. The summed E-state index contributed by atoms with van der Waals surface area (Å²) in [5.41, 5.74) is -0.751. The predicted octanol–water partition coefficient (Wildman–Crippen LogP) is 2.87. The van der Waals surface area contributed by atoms with Gasteiger partial charge in [-0.25, -0.2) is 9.18 Å². The number of ether oxygens (including phenoxy) is 1. The molecule has 1 aliphatic heterocycles. The highest BCUT2D eigenvalue weighted by Crippen LogP contribution is 2.30. The van der Waals surface area contributed by atoms with Crippen LogP contribution in [-0.2, 0) is 4.79 Å². The zero-order chi connectivity index (χ0) is 18.0. The van der Waals surface area contributed by atoms with E-state index in [1.165, 1.54) is 24.5 Å². The molecule has 132 valence electrons. The molecule has 1 aromatic carbocycles. The molecule has 0 radical (unpaired) electrons. The first-order valence-corrected chi connectivity index (χ1v) is 7.93. The second-order valence-corrected chi connectivity index (χ2v) is 6.08. The summed E-state index contributed by atoms with van der Waals surface area (Å²) in [6.07, 6.45) is 1.65. The summed E-state index contributed by atoms with van der Waals surface area (Å²) in [6.45, 7) is 2.19. The third kappa shape index (κ3) is 3.35. The summed E-state index contributed by atoms with van der Waals surface area (Å²) >= 11 is 0. The molecule has 1 fully saturated rings. The Bertz CT molecular complexity index is 792. The normalized spacial score (nSPS) is 16.5. The van der Waals surface area contributed by atoms with Gasteiger partial charge < -0.3 is 19.2 Å². The number of carbonyl (C=O) groups is 2. The van der Waals surface area contributed by atoms with Gasteiger partial charge in [0.1, 0.15) is 11.6 Å². The molecule has 0 saturated carbocycles. The Balaban J connectivity index is 1.73. The zero-order valence-electron chi connectivity index (χ0n) is 13.7. The van der Waals surface area contributed by atoms with Gasteiger partial charge in [-0.1, -0.05) is 6.07 Å². The molecule has 2 aromatic rings. The van der Waals surface area contributed by atoms with Crippen LogP contribution in [0.15, 0.2) is 41.0 Å². The van der Waals surface area contributed by atoms with Crippen LogP contribution in [0, 0.1) is 12.7 Å².